The molecule has 2 aromatic carbocycles. The molecule has 0 heterocycles. The van der Waals surface area contributed by atoms with E-state index in [9.17, 15) is 19.7 Å². The number of amides is 1. The Morgan fingerprint density at radius 3 is 2.52 bits per heavy atom. The Kier molecular flexibility index (Phi) is 6.65. The molecule has 2 N–H and O–H groups in total. The summed E-state index contributed by atoms with van der Waals surface area (Å²) in [6.45, 7) is 1.87. The summed E-state index contributed by atoms with van der Waals surface area (Å²) in [5.74, 6) is -1.28. The number of nitro benzene ring substituents is 1. The first kappa shape index (κ1) is 19.6. The third-order valence-corrected chi connectivity index (χ3v) is 3.69. The average Bonchev–Trinajstić information content (AvgIpc) is 2.67. The van der Waals surface area contributed by atoms with Crippen LogP contribution in [0.1, 0.15) is 11.1 Å². The van der Waals surface area contributed by atoms with Crippen molar-refractivity contribution in [2.45, 2.75) is 13.5 Å². The van der Waals surface area contributed by atoms with E-state index in [0.29, 0.717) is 11.3 Å². The fourth-order valence-electron chi connectivity index (χ4n) is 2.25. The Bertz CT molecular complexity index is 878. The predicted octanol–water partition coefficient (Wildman–Crippen LogP) is 2.69. The van der Waals surface area contributed by atoms with Crippen molar-refractivity contribution in [3.05, 3.63) is 81.5 Å². The zero-order valence-corrected chi connectivity index (χ0v) is 14.9. The molecule has 0 spiro atoms. The van der Waals surface area contributed by atoms with Crippen molar-refractivity contribution in [3.63, 3.8) is 0 Å². The number of esters is 1. The second-order valence-electron chi connectivity index (χ2n) is 5.63. The molecule has 1 amide bonds. The number of hydrogen-bond acceptors (Lipinski definition) is 6. The van der Waals surface area contributed by atoms with Gasteiger partial charge in [-0.25, -0.2) is 4.79 Å². The Labute approximate surface area is 156 Å². The van der Waals surface area contributed by atoms with Gasteiger partial charge in [0.2, 0.25) is 0 Å². The van der Waals surface area contributed by atoms with E-state index in [1.807, 2.05) is 30.3 Å². The molecule has 0 saturated heterocycles. The smallest absolute Gasteiger partial charge is 0.332 e. The lowest BCUT2D eigenvalue weighted by Gasteiger charge is -2.12. The van der Waals surface area contributed by atoms with Gasteiger partial charge in [0.05, 0.1) is 18.1 Å². The van der Waals surface area contributed by atoms with E-state index in [0.717, 1.165) is 11.6 Å². The monoisotopic (exact) mass is 369 g/mol. The van der Waals surface area contributed by atoms with Gasteiger partial charge in [-0.05, 0) is 18.6 Å². The minimum absolute atomic E-state index is 0.0871. The van der Waals surface area contributed by atoms with Crippen molar-refractivity contribution in [2.75, 3.05) is 12.4 Å². The molecule has 0 aliphatic heterocycles. The first-order valence-electron chi connectivity index (χ1n) is 8.04. The fourth-order valence-corrected chi connectivity index (χ4v) is 2.25. The first-order valence-corrected chi connectivity index (χ1v) is 8.04. The van der Waals surface area contributed by atoms with Gasteiger partial charge < -0.3 is 15.4 Å². The summed E-state index contributed by atoms with van der Waals surface area (Å²) < 4.78 is 4.57. The number of carbonyl (C=O) groups is 2. The first-order chi connectivity index (χ1) is 12.9. The molecule has 27 heavy (non-hydrogen) atoms. The van der Waals surface area contributed by atoms with E-state index in [4.69, 9.17) is 0 Å². The second kappa shape index (κ2) is 9.14. The van der Waals surface area contributed by atoms with Gasteiger partial charge >= 0.3 is 5.97 Å². The van der Waals surface area contributed by atoms with Crippen LogP contribution in [0.4, 0.5) is 11.4 Å². The number of rotatable bonds is 7. The number of benzene rings is 2. The summed E-state index contributed by atoms with van der Waals surface area (Å²) in [6, 6.07) is 13.7. The van der Waals surface area contributed by atoms with E-state index >= 15 is 0 Å². The molecule has 0 radical (unpaired) electrons. The molecule has 0 aliphatic rings. The van der Waals surface area contributed by atoms with Gasteiger partial charge in [0.25, 0.3) is 11.6 Å². The van der Waals surface area contributed by atoms with Gasteiger partial charge in [-0.3, -0.25) is 14.9 Å². The Morgan fingerprint density at radius 2 is 1.89 bits per heavy atom. The van der Waals surface area contributed by atoms with Crippen molar-refractivity contribution in [3.8, 4) is 0 Å². The maximum absolute atomic E-state index is 12.5. The van der Waals surface area contributed by atoms with Crippen LogP contribution in [0.5, 0.6) is 0 Å². The van der Waals surface area contributed by atoms with Gasteiger partial charge in [0, 0.05) is 23.9 Å². The van der Waals surface area contributed by atoms with E-state index in [1.165, 1.54) is 13.2 Å². The van der Waals surface area contributed by atoms with Crippen molar-refractivity contribution >= 4 is 23.3 Å². The van der Waals surface area contributed by atoms with E-state index < -0.39 is 16.8 Å². The largest absolute Gasteiger partial charge is 0.466 e. The van der Waals surface area contributed by atoms with Crippen molar-refractivity contribution in [1.82, 2.24) is 5.32 Å². The zero-order valence-electron chi connectivity index (χ0n) is 14.9. The Hall–Kier alpha value is -3.68. The van der Waals surface area contributed by atoms with Crippen LogP contribution in [0.2, 0.25) is 0 Å². The summed E-state index contributed by atoms with van der Waals surface area (Å²) in [7, 11) is 1.19. The fraction of sp³-hybridized carbons (Fsp3) is 0.158. The molecule has 0 bridgehead atoms. The number of carbonyl (C=O) groups excluding carboxylic acids is 2. The van der Waals surface area contributed by atoms with Crippen molar-refractivity contribution < 1.29 is 19.2 Å². The lowest BCUT2D eigenvalue weighted by Crippen LogP contribution is -2.28. The molecule has 8 nitrogen and oxygen atoms in total. The topological polar surface area (TPSA) is 111 Å². The molecule has 2 rings (SSSR count). The average molecular weight is 369 g/mol. The van der Waals surface area contributed by atoms with E-state index in [2.05, 4.69) is 15.4 Å². The number of ether oxygens (including phenoxy) is 1. The summed E-state index contributed by atoms with van der Waals surface area (Å²) in [6.07, 6.45) is 0.992. The normalized spacial score (nSPS) is 10.8. The van der Waals surface area contributed by atoms with Crippen LogP contribution in [0.25, 0.3) is 0 Å². The third-order valence-electron chi connectivity index (χ3n) is 3.69. The van der Waals surface area contributed by atoms with Crippen LogP contribution in [0.15, 0.2) is 60.3 Å². The standard InChI is InChI=1S/C19H19N3O5/c1-13-8-9-15(10-17(13)22(25)26)21-16(11-18(23)27-2)19(24)20-12-14-6-4-3-5-7-14/h3-11,21H,12H2,1-2H3,(H,20,24)/b16-11-. The molecule has 0 atom stereocenters. The second-order valence-corrected chi connectivity index (χ2v) is 5.63. The molecule has 0 fully saturated rings. The summed E-state index contributed by atoms with van der Waals surface area (Å²) in [5, 5.41) is 16.5. The predicted molar refractivity (Wildman–Crippen MR) is 99.8 cm³/mol. The molecule has 2 aromatic rings. The number of aryl methyl sites for hydroxylation is 1. The van der Waals surface area contributed by atoms with Crippen LogP contribution < -0.4 is 10.6 Å². The van der Waals surface area contributed by atoms with Gasteiger partial charge in [-0.1, -0.05) is 36.4 Å². The highest BCUT2D eigenvalue weighted by molar-refractivity contribution is 6.01. The van der Waals surface area contributed by atoms with Crippen LogP contribution in [0.3, 0.4) is 0 Å². The molecule has 0 saturated carbocycles. The van der Waals surface area contributed by atoms with Gasteiger partial charge in [0.1, 0.15) is 5.70 Å². The molecular weight excluding hydrogens is 350 g/mol. The molecule has 0 unspecified atom stereocenters. The maximum Gasteiger partial charge on any atom is 0.332 e. The lowest BCUT2D eigenvalue weighted by molar-refractivity contribution is -0.385. The van der Waals surface area contributed by atoms with E-state index in [-0.39, 0.29) is 17.9 Å². The number of methoxy groups -OCH3 is 1. The number of hydrogen-bond donors (Lipinski definition) is 2. The molecule has 8 heteroatoms. The number of nitrogens with zero attached hydrogens (tertiary/aromatic N) is 1. The van der Waals surface area contributed by atoms with Crippen LogP contribution >= 0.6 is 0 Å². The van der Waals surface area contributed by atoms with Gasteiger partial charge in [0.15, 0.2) is 0 Å². The molecular formula is C19H19N3O5. The summed E-state index contributed by atoms with van der Waals surface area (Å²) in [4.78, 5) is 34.6. The van der Waals surface area contributed by atoms with Crippen LogP contribution in [0, 0.1) is 17.0 Å². The molecule has 140 valence electrons. The number of nitrogens with one attached hydrogen (secondary N) is 2. The van der Waals surface area contributed by atoms with Gasteiger partial charge in [-0.15, -0.1) is 0 Å². The van der Waals surface area contributed by atoms with Gasteiger partial charge in [-0.2, -0.15) is 0 Å². The van der Waals surface area contributed by atoms with Crippen LogP contribution in [-0.2, 0) is 20.9 Å². The van der Waals surface area contributed by atoms with Crippen molar-refractivity contribution in [2.24, 2.45) is 0 Å². The quantitative estimate of drug-likeness (QED) is 0.336. The minimum Gasteiger partial charge on any atom is -0.466 e. The summed E-state index contributed by atoms with van der Waals surface area (Å²) >= 11 is 0. The van der Waals surface area contributed by atoms with E-state index in [1.54, 1.807) is 19.1 Å². The SMILES string of the molecule is COC(=O)/C=C(\Nc1ccc(C)c([N+](=O)[O-])c1)C(=O)NCc1ccccc1. The highest BCUT2D eigenvalue weighted by Gasteiger charge is 2.15. The molecule has 0 aromatic heterocycles. The highest BCUT2D eigenvalue weighted by atomic mass is 16.6. The Balaban J connectivity index is 2.20. The third kappa shape index (κ3) is 5.67. The molecule has 0 aliphatic carbocycles. The number of nitro groups is 1. The zero-order chi connectivity index (χ0) is 19.8. The maximum atomic E-state index is 12.5. The Morgan fingerprint density at radius 1 is 1.19 bits per heavy atom. The number of anilines is 1. The van der Waals surface area contributed by atoms with Crippen LogP contribution in [-0.4, -0.2) is 23.9 Å². The lowest BCUT2D eigenvalue weighted by atomic mass is 10.1. The summed E-state index contributed by atoms with van der Waals surface area (Å²) in [5.41, 5.74) is 1.49. The highest BCUT2D eigenvalue weighted by Crippen LogP contribution is 2.23. The minimum atomic E-state index is -0.728. The van der Waals surface area contributed by atoms with Crippen molar-refractivity contribution in [1.29, 1.82) is 0 Å².